The van der Waals surface area contributed by atoms with Crippen LogP contribution >= 0.6 is 23.3 Å². The highest BCUT2D eigenvalue weighted by Gasteiger charge is 2.20. The van der Waals surface area contributed by atoms with E-state index in [4.69, 9.17) is 9.15 Å². The molecule has 1 amide bonds. The molecule has 0 radical (unpaired) electrons. The van der Waals surface area contributed by atoms with E-state index < -0.39 is 10.8 Å². The number of nitro groups is 1. The summed E-state index contributed by atoms with van der Waals surface area (Å²) in [5.41, 5.74) is 0.948. The summed E-state index contributed by atoms with van der Waals surface area (Å²) in [7, 11) is 0. The maximum atomic E-state index is 12.6. The van der Waals surface area contributed by atoms with E-state index in [2.05, 4.69) is 14.7 Å². The van der Waals surface area contributed by atoms with E-state index in [-0.39, 0.29) is 33.5 Å². The van der Waals surface area contributed by atoms with Crippen LogP contribution in [0.3, 0.4) is 0 Å². The van der Waals surface area contributed by atoms with Crippen LogP contribution in [0.15, 0.2) is 75.8 Å². The average Bonchev–Trinajstić information content (AvgIpc) is 3.56. The Morgan fingerprint density at radius 2 is 2.08 bits per heavy atom. The third-order valence-corrected chi connectivity index (χ3v) is 6.52. The van der Waals surface area contributed by atoms with Gasteiger partial charge in [0.15, 0.2) is 0 Å². The lowest BCUT2D eigenvalue weighted by Crippen LogP contribution is -2.13. The fraction of sp³-hybridized carbons (Fsp3) is 0.120. The molecule has 4 aromatic rings. The molecule has 186 valence electrons. The molecule has 0 aliphatic rings. The van der Waals surface area contributed by atoms with Gasteiger partial charge >= 0.3 is 0 Å². The Morgan fingerprint density at radius 1 is 1.27 bits per heavy atom. The molecule has 12 heteroatoms. The molecule has 2 aromatic heterocycles. The van der Waals surface area contributed by atoms with Gasteiger partial charge in [0, 0.05) is 23.4 Å². The minimum absolute atomic E-state index is 0.182. The van der Waals surface area contributed by atoms with Gasteiger partial charge in [0.05, 0.1) is 23.2 Å². The number of nitriles is 1. The summed E-state index contributed by atoms with van der Waals surface area (Å²) in [5.74, 6) is 0.764. The molecule has 0 fully saturated rings. The Kier molecular flexibility index (Phi) is 8.29. The van der Waals surface area contributed by atoms with Gasteiger partial charge in [-0.15, -0.1) is 0 Å². The van der Waals surface area contributed by atoms with Crippen molar-refractivity contribution in [3.05, 3.63) is 87.7 Å². The van der Waals surface area contributed by atoms with Crippen molar-refractivity contribution in [3.63, 3.8) is 0 Å². The summed E-state index contributed by atoms with van der Waals surface area (Å²) in [6.45, 7) is 2.15. The summed E-state index contributed by atoms with van der Waals surface area (Å²) < 4.78 is 15.2. The lowest BCUT2D eigenvalue weighted by molar-refractivity contribution is -0.384. The fourth-order valence-electron chi connectivity index (χ4n) is 3.20. The van der Waals surface area contributed by atoms with Crippen LogP contribution in [-0.2, 0) is 10.5 Å². The Bertz CT molecular complexity index is 1490. The standard InChI is InChI=1S/C25H19N5O5S2/c1-2-34-18-8-10-20(21(13-18)30(32)33)22-11-9-19(35-22)12-17(14-26)23(31)27-24-28-25(29-37-24)36-15-16-6-4-3-5-7-16/h3-13H,2,15H2,1H3,(H,27,28,29,31). The lowest BCUT2D eigenvalue weighted by atomic mass is 10.1. The van der Waals surface area contributed by atoms with E-state index in [0.29, 0.717) is 23.3 Å². The number of ether oxygens (including phenoxy) is 1. The zero-order valence-electron chi connectivity index (χ0n) is 19.4. The van der Waals surface area contributed by atoms with Crippen LogP contribution in [0.1, 0.15) is 18.2 Å². The summed E-state index contributed by atoms with van der Waals surface area (Å²) >= 11 is 2.44. The maximum Gasteiger partial charge on any atom is 0.284 e. The van der Waals surface area contributed by atoms with Crippen molar-refractivity contribution < 1.29 is 18.9 Å². The number of hydrogen-bond donors (Lipinski definition) is 1. The minimum atomic E-state index is -0.678. The van der Waals surface area contributed by atoms with Crippen molar-refractivity contribution in [2.45, 2.75) is 17.8 Å². The van der Waals surface area contributed by atoms with Crippen LogP contribution < -0.4 is 10.1 Å². The monoisotopic (exact) mass is 533 g/mol. The molecule has 10 nitrogen and oxygen atoms in total. The van der Waals surface area contributed by atoms with Gasteiger partial charge in [-0.3, -0.25) is 20.2 Å². The summed E-state index contributed by atoms with van der Waals surface area (Å²) in [6.07, 6.45) is 1.26. The van der Waals surface area contributed by atoms with Crippen molar-refractivity contribution in [2.24, 2.45) is 0 Å². The Morgan fingerprint density at radius 3 is 2.81 bits per heavy atom. The minimum Gasteiger partial charge on any atom is -0.494 e. The van der Waals surface area contributed by atoms with Gasteiger partial charge in [-0.2, -0.15) is 14.6 Å². The second-order valence-electron chi connectivity index (χ2n) is 7.35. The number of rotatable bonds is 10. The molecule has 0 saturated carbocycles. The molecule has 4 rings (SSSR count). The molecule has 0 aliphatic heterocycles. The largest absolute Gasteiger partial charge is 0.494 e. The van der Waals surface area contributed by atoms with E-state index in [1.54, 1.807) is 13.0 Å². The van der Waals surface area contributed by atoms with Crippen molar-refractivity contribution in [1.29, 1.82) is 5.26 Å². The molecule has 0 bridgehead atoms. The third kappa shape index (κ3) is 6.60. The SMILES string of the molecule is CCOc1ccc(-c2ccc(C=C(C#N)C(=O)Nc3nc(SCc4ccccc4)ns3)o2)c([N+](=O)[O-])c1. The Balaban J connectivity index is 1.45. The van der Waals surface area contributed by atoms with Gasteiger partial charge < -0.3 is 9.15 Å². The highest BCUT2D eigenvalue weighted by atomic mass is 32.2. The van der Waals surface area contributed by atoms with Crippen molar-refractivity contribution in [2.75, 3.05) is 11.9 Å². The first-order valence-electron chi connectivity index (χ1n) is 10.9. The van der Waals surface area contributed by atoms with Crippen LogP contribution in [0.25, 0.3) is 17.4 Å². The molecule has 0 saturated heterocycles. The summed E-state index contributed by atoms with van der Waals surface area (Å²) in [4.78, 5) is 27.9. The van der Waals surface area contributed by atoms with Gasteiger partial charge in [-0.05, 0) is 36.8 Å². The van der Waals surface area contributed by atoms with Gasteiger partial charge in [0.2, 0.25) is 10.3 Å². The van der Waals surface area contributed by atoms with Crippen molar-refractivity contribution in [1.82, 2.24) is 9.36 Å². The summed E-state index contributed by atoms with van der Waals surface area (Å²) in [5, 5.41) is 24.4. The van der Waals surface area contributed by atoms with E-state index in [1.807, 2.05) is 36.4 Å². The zero-order chi connectivity index (χ0) is 26.2. The van der Waals surface area contributed by atoms with Crippen LogP contribution in [0.2, 0.25) is 0 Å². The molecule has 2 heterocycles. The number of amides is 1. The normalized spacial score (nSPS) is 11.1. The van der Waals surface area contributed by atoms with Gasteiger partial charge in [-0.1, -0.05) is 42.1 Å². The quantitative estimate of drug-likeness (QED) is 0.0860. The lowest BCUT2D eigenvalue weighted by Gasteiger charge is -2.05. The average molecular weight is 534 g/mol. The molecule has 0 atom stereocenters. The number of hydrogen-bond acceptors (Lipinski definition) is 10. The first-order chi connectivity index (χ1) is 18.0. The first kappa shape index (κ1) is 25.6. The van der Waals surface area contributed by atoms with E-state index in [1.165, 1.54) is 42.1 Å². The molecule has 2 aromatic carbocycles. The van der Waals surface area contributed by atoms with Crippen molar-refractivity contribution in [3.8, 4) is 23.1 Å². The van der Waals surface area contributed by atoms with Gasteiger partial charge in [0.25, 0.3) is 11.6 Å². The fourth-order valence-corrected chi connectivity index (χ4v) is 4.69. The number of benzene rings is 2. The zero-order valence-corrected chi connectivity index (χ0v) is 21.0. The van der Waals surface area contributed by atoms with Gasteiger partial charge in [-0.25, -0.2) is 0 Å². The molecule has 0 aliphatic carbocycles. The Hall–Kier alpha value is -4.47. The highest BCUT2D eigenvalue weighted by Crippen LogP contribution is 2.34. The molecular formula is C25H19N5O5S2. The number of thioether (sulfide) groups is 1. The highest BCUT2D eigenvalue weighted by molar-refractivity contribution is 7.98. The van der Waals surface area contributed by atoms with Crippen LogP contribution in [0, 0.1) is 21.4 Å². The van der Waals surface area contributed by atoms with E-state index in [0.717, 1.165) is 17.1 Å². The molecule has 0 spiro atoms. The molecule has 1 N–H and O–H groups in total. The number of anilines is 1. The number of carbonyl (C=O) groups is 1. The predicted octanol–water partition coefficient (Wildman–Crippen LogP) is 5.94. The number of nitro benzene ring substituents is 1. The number of nitrogens with zero attached hydrogens (tertiary/aromatic N) is 4. The smallest absolute Gasteiger partial charge is 0.284 e. The predicted molar refractivity (Wildman–Crippen MR) is 140 cm³/mol. The first-order valence-corrected chi connectivity index (χ1v) is 12.7. The van der Waals surface area contributed by atoms with E-state index >= 15 is 0 Å². The number of furan rings is 1. The van der Waals surface area contributed by atoms with Crippen LogP contribution in [-0.4, -0.2) is 26.8 Å². The number of aromatic nitrogens is 2. The van der Waals surface area contributed by atoms with Crippen LogP contribution in [0.5, 0.6) is 5.75 Å². The maximum absolute atomic E-state index is 12.6. The topological polar surface area (TPSA) is 144 Å². The third-order valence-electron chi connectivity index (χ3n) is 4.86. The van der Waals surface area contributed by atoms with Crippen molar-refractivity contribution >= 4 is 46.1 Å². The molecule has 37 heavy (non-hydrogen) atoms. The number of nitrogens with one attached hydrogen (secondary N) is 1. The molecule has 0 unspecified atom stereocenters. The second-order valence-corrected chi connectivity index (χ2v) is 9.05. The number of carbonyl (C=O) groups excluding carboxylic acids is 1. The van der Waals surface area contributed by atoms with E-state index in [9.17, 15) is 20.2 Å². The van der Waals surface area contributed by atoms with Crippen LogP contribution in [0.4, 0.5) is 10.8 Å². The summed E-state index contributed by atoms with van der Waals surface area (Å²) in [6, 6.07) is 19.2. The van der Waals surface area contributed by atoms with Gasteiger partial charge in [0.1, 0.15) is 28.9 Å². The molecular weight excluding hydrogens is 514 g/mol. The Labute approximate surface area is 219 Å². The second kappa shape index (κ2) is 12.0.